The molecule has 2 aromatic rings. The maximum Gasteiger partial charge on any atom is 0.320 e. The number of hydrogen-bond acceptors (Lipinski definition) is 4. The molecular formula is C14H18N2O3. The van der Waals surface area contributed by atoms with Crippen LogP contribution in [0.3, 0.4) is 0 Å². The monoisotopic (exact) mass is 262 g/mol. The summed E-state index contributed by atoms with van der Waals surface area (Å²) < 4.78 is 5.54. The summed E-state index contributed by atoms with van der Waals surface area (Å²) >= 11 is 0. The normalized spacial score (nSPS) is 13.0. The molecule has 1 aromatic heterocycles. The van der Waals surface area contributed by atoms with Crippen molar-refractivity contribution in [2.45, 2.75) is 32.9 Å². The molecule has 1 aromatic carbocycles. The Hall–Kier alpha value is -1.88. The van der Waals surface area contributed by atoms with Gasteiger partial charge in [0, 0.05) is 0 Å². The lowest BCUT2D eigenvalue weighted by Crippen LogP contribution is -2.37. The van der Waals surface area contributed by atoms with E-state index in [9.17, 15) is 4.79 Å². The quantitative estimate of drug-likeness (QED) is 0.836. The molecule has 0 fully saturated rings. The van der Waals surface area contributed by atoms with E-state index in [1.165, 1.54) is 0 Å². The Morgan fingerprint density at radius 1 is 1.42 bits per heavy atom. The summed E-state index contributed by atoms with van der Waals surface area (Å²) in [6.07, 6.45) is 0.579. The Balaban J connectivity index is 2.02. The summed E-state index contributed by atoms with van der Waals surface area (Å²) in [7, 11) is 0. The van der Waals surface area contributed by atoms with Gasteiger partial charge >= 0.3 is 5.97 Å². The fraction of sp³-hybridized carbons (Fsp3) is 0.429. The number of carboxylic acid groups (broad SMARTS) is 1. The predicted octanol–water partition coefficient (Wildman–Crippen LogP) is 2.42. The first-order valence-electron chi connectivity index (χ1n) is 6.37. The number of hydrogen-bond donors (Lipinski definition) is 2. The lowest BCUT2D eigenvalue weighted by atomic mass is 10.0. The second-order valence-electron chi connectivity index (χ2n) is 4.98. The minimum absolute atomic E-state index is 0.317. The van der Waals surface area contributed by atoms with Crippen molar-refractivity contribution in [2.24, 2.45) is 5.92 Å². The summed E-state index contributed by atoms with van der Waals surface area (Å²) in [6, 6.07) is 6.90. The van der Waals surface area contributed by atoms with E-state index >= 15 is 0 Å². The molecule has 0 amide bonds. The molecule has 0 bridgehead atoms. The number of rotatable bonds is 6. The molecule has 0 spiro atoms. The van der Waals surface area contributed by atoms with Gasteiger partial charge in [0.25, 0.3) is 0 Å². The van der Waals surface area contributed by atoms with Gasteiger partial charge in [-0.05, 0) is 24.5 Å². The Labute approximate surface area is 111 Å². The van der Waals surface area contributed by atoms with Gasteiger partial charge in [-0.2, -0.15) is 0 Å². The van der Waals surface area contributed by atoms with Crippen LogP contribution in [-0.4, -0.2) is 22.1 Å². The highest BCUT2D eigenvalue weighted by Gasteiger charge is 2.19. The molecule has 5 heteroatoms. The standard InChI is InChI=1S/C14H18N2O3/c1-9(2)7-11(14(17)18)15-8-13-16-10-5-3-4-6-12(10)19-13/h3-6,9,11,15H,7-8H2,1-2H3,(H,17,18). The highest BCUT2D eigenvalue weighted by atomic mass is 16.4. The van der Waals surface area contributed by atoms with Crippen LogP contribution in [-0.2, 0) is 11.3 Å². The summed E-state index contributed by atoms with van der Waals surface area (Å²) in [5.41, 5.74) is 1.50. The van der Waals surface area contributed by atoms with E-state index < -0.39 is 12.0 Å². The number of oxazole rings is 1. The van der Waals surface area contributed by atoms with Gasteiger partial charge in [-0.1, -0.05) is 26.0 Å². The topological polar surface area (TPSA) is 75.4 Å². The van der Waals surface area contributed by atoms with Gasteiger partial charge in [-0.15, -0.1) is 0 Å². The van der Waals surface area contributed by atoms with Gasteiger partial charge in [-0.3, -0.25) is 10.1 Å². The second kappa shape index (κ2) is 5.84. The molecular weight excluding hydrogens is 244 g/mol. The number of nitrogens with one attached hydrogen (secondary N) is 1. The fourth-order valence-electron chi connectivity index (χ4n) is 1.95. The van der Waals surface area contributed by atoms with E-state index in [-0.39, 0.29) is 0 Å². The fourth-order valence-corrected chi connectivity index (χ4v) is 1.95. The molecule has 2 N–H and O–H groups in total. The maximum absolute atomic E-state index is 11.1. The van der Waals surface area contributed by atoms with E-state index in [0.29, 0.717) is 24.8 Å². The number of carboxylic acids is 1. The minimum Gasteiger partial charge on any atom is -0.480 e. The number of benzene rings is 1. The van der Waals surface area contributed by atoms with Crippen LogP contribution in [0.25, 0.3) is 11.1 Å². The van der Waals surface area contributed by atoms with E-state index in [1.54, 1.807) is 0 Å². The van der Waals surface area contributed by atoms with Crippen LogP contribution in [0.1, 0.15) is 26.2 Å². The highest BCUT2D eigenvalue weighted by Crippen LogP contribution is 2.15. The predicted molar refractivity (Wildman–Crippen MR) is 71.7 cm³/mol. The summed E-state index contributed by atoms with van der Waals surface area (Å²) in [6.45, 7) is 4.31. The van der Waals surface area contributed by atoms with E-state index in [1.807, 2.05) is 38.1 Å². The first kappa shape index (κ1) is 13.5. The number of aliphatic carboxylic acids is 1. The molecule has 2 rings (SSSR count). The number of aromatic nitrogens is 1. The largest absolute Gasteiger partial charge is 0.480 e. The Bertz CT molecular complexity index is 530. The van der Waals surface area contributed by atoms with Crippen LogP contribution in [0.4, 0.5) is 0 Å². The first-order chi connectivity index (χ1) is 9.06. The molecule has 1 heterocycles. The molecule has 0 aliphatic rings. The van der Waals surface area contributed by atoms with Crippen LogP contribution in [0.15, 0.2) is 28.7 Å². The number of nitrogens with zero attached hydrogens (tertiary/aromatic N) is 1. The number of fused-ring (bicyclic) bond motifs is 1. The lowest BCUT2D eigenvalue weighted by Gasteiger charge is -2.15. The number of carbonyl (C=O) groups is 1. The van der Waals surface area contributed by atoms with Gasteiger partial charge in [0.2, 0.25) is 5.89 Å². The first-order valence-corrected chi connectivity index (χ1v) is 6.37. The zero-order valence-corrected chi connectivity index (χ0v) is 11.1. The van der Waals surface area contributed by atoms with Crippen LogP contribution in [0, 0.1) is 5.92 Å². The van der Waals surface area contributed by atoms with Crippen molar-refractivity contribution in [2.75, 3.05) is 0 Å². The van der Waals surface area contributed by atoms with Crippen molar-refractivity contribution in [1.82, 2.24) is 10.3 Å². The molecule has 1 atom stereocenters. The minimum atomic E-state index is -0.843. The smallest absolute Gasteiger partial charge is 0.320 e. The van der Waals surface area contributed by atoms with Crippen LogP contribution in [0.5, 0.6) is 0 Å². The lowest BCUT2D eigenvalue weighted by molar-refractivity contribution is -0.140. The third kappa shape index (κ3) is 3.54. The van der Waals surface area contributed by atoms with Crippen molar-refractivity contribution in [3.05, 3.63) is 30.2 Å². The third-order valence-corrected chi connectivity index (χ3v) is 2.84. The van der Waals surface area contributed by atoms with Gasteiger partial charge in [0.1, 0.15) is 11.6 Å². The van der Waals surface area contributed by atoms with Gasteiger partial charge < -0.3 is 9.52 Å². The molecule has 102 valence electrons. The average molecular weight is 262 g/mol. The molecule has 5 nitrogen and oxygen atoms in total. The molecule has 0 saturated carbocycles. The molecule has 0 saturated heterocycles. The van der Waals surface area contributed by atoms with Crippen molar-refractivity contribution >= 4 is 17.1 Å². The highest BCUT2D eigenvalue weighted by molar-refractivity contribution is 5.73. The Kier molecular flexibility index (Phi) is 4.16. The van der Waals surface area contributed by atoms with Crippen molar-refractivity contribution in [1.29, 1.82) is 0 Å². The van der Waals surface area contributed by atoms with Crippen LogP contribution >= 0.6 is 0 Å². The Morgan fingerprint density at radius 3 is 2.79 bits per heavy atom. The summed E-state index contributed by atoms with van der Waals surface area (Å²) in [4.78, 5) is 15.4. The van der Waals surface area contributed by atoms with Gasteiger partial charge in [0.05, 0.1) is 6.54 Å². The summed E-state index contributed by atoms with van der Waals surface area (Å²) in [5.74, 6) is -0.0155. The van der Waals surface area contributed by atoms with Gasteiger partial charge in [-0.25, -0.2) is 4.98 Å². The molecule has 0 radical (unpaired) electrons. The Morgan fingerprint density at radius 2 is 2.16 bits per heavy atom. The van der Waals surface area contributed by atoms with Crippen LogP contribution in [0.2, 0.25) is 0 Å². The SMILES string of the molecule is CC(C)CC(NCc1nc2ccccc2o1)C(=O)O. The third-order valence-electron chi connectivity index (χ3n) is 2.84. The molecule has 19 heavy (non-hydrogen) atoms. The maximum atomic E-state index is 11.1. The van der Waals surface area contributed by atoms with Crippen LogP contribution < -0.4 is 5.32 Å². The number of para-hydroxylation sites is 2. The molecule has 0 aliphatic carbocycles. The molecule has 0 aliphatic heterocycles. The molecule has 1 unspecified atom stereocenters. The van der Waals surface area contributed by atoms with E-state index in [2.05, 4.69) is 10.3 Å². The zero-order valence-electron chi connectivity index (χ0n) is 11.1. The van der Waals surface area contributed by atoms with E-state index in [4.69, 9.17) is 9.52 Å². The zero-order chi connectivity index (χ0) is 13.8. The summed E-state index contributed by atoms with van der Waals surface area (Å²) in [5, 5.41) is 12.1. The second-order valence-corrected chi connectivity index (χ2v) is 4.98. The van der Waals surface area contributed by atoms with E-state index in [0.717, 1.165) is 11.1 Å². The van der Waals surface area contributed by atoms with Crippen molar-refractivity contribution in [3.63, 3.8) is 0 Å². The average Bonchev–Trinajstić information content (AvgIpc) is 2.76. The van der Waals surface area contributed by atoms with Crippen molar-refractivity contribution in [3.8, 4) is 0 Å². The van der Waals surface area contributed by atoms with Crippen molar-refractivity contribution < 1.29 is 14.3 Å². The van der Waals surface area contributed by atoms with Gasteiger partial charge in [0.15, 0.2) is 5.58 Å².